The number of carbonyl (C=O) groups excluding carboxylic acids is 2. The molecule has 1 N–H and O–H groups in total. The summed E-state index contributed by atoms with van der Waals surface area (Å²) in [5.74, 6) is -0.690. The summed E-state index contributed by atoms with van der Waals surface area (Å²) >= 11 is 0. The Labute approximate surface area is 123 Å². The highest BCUT2D eigenvalue weighted by atomic mass is 16.2. The summed E-state index contributed by atoms with van der Waals surface area (Å²) in [6.45, 7) is 4.09. The van der Waals surface area contributed by atoms with Crippen molar-refractivity contribution in [1.29, 1.82) is 0 Å². The third-order valence-electron chi connectivity index (χ3n) is 3.78. The van der Waals surface area contributed by atoms with Gasteiger partial charge in [0.2, 0.25) is 0 Å². The van der Waals surface area contributed by atoms with Crippen molar-refractivity contribution < 1.29 is 9.59 Å². The fraction of sp³-hybridized carbons (Fsp3) is 0.111. The van der Waals surface area contributed by atoms with Crippen LogP contribution in [0.2, 0.25) is 0 Å². The second kappa shape index (κ2) is 5.02. The van der Waals surface area contributed by atoms with Crippen molar-refractivity contribution in [3.63, 3.8) is 0 Å². The molecule has 2 amide bonds. The quantitative estimate of drug-likeness (QED) is 0.643. The van der Waals surface area contributed by atoms with Gasteiger partial charge in [-0.1, -0.05) is 36.4 Å². The van der Waals surface area contributed by atoms with E-state index < -0.39 is 0 Å². The van der Waals surface area contributed by atoms with E-state index in [1.54, 1.807) is 18.2 Å². The Kier molecular flexibility index (Phi) is 3.18. The van der Waals surface area contributed by atoms with Crippen molar-refractivity contribution in [1.82, 2.24) is 5.32 Å². The van der Waals surface area contributed by atoms with E-state index in [2.05, 4.69) is 5.32 Å². The topological polar surface area (TPSA) is 46.2 Å². The first-order valence-electron chi connectivity index (χ1n) is 6.80. The molecule has 2 aromatic carbocycles. The molecule has 1 heterocycles. The Morgan fingerprint density at radius 2 is 1.57 bits per heavy atom. The molecule has 0 bridgehead atoms. The lowest BCUT2D eigenvalue weighted by Crippen LogP contribution is -2.36. The van der Waals surface area contributed by atoms with E-state index in [1.165, 1.54) is 11.1 Å². The molecular formula is C18H15NO2. The maximum Gasteiger partial charge on any atom is 0.258 e. The molecule has 0 radical (unpaired) electrons. The molecule has 0 atom stereocenters. The lowest BCUT2D eigenvalue weighted by molar-refractivity contribution is -0.114. The molecule has 2 aromatic rings. The maximum absolute atomic E-state index is 12.1. The summed E-state index contributed by atoms with van der Waals surface area (Å²) in [6, 6.07) is 13.2. The third kappa shape index (κ3) is 2.38. The van der Waals surface area contributed by atoms with Crippen LogP contribution in [-0.2, 0) is 4.79 Å². The number of benzene rings is 2. The minimum Gasteiger partial charge on any atom is -0.288 e. The summed E-state index contributed by atoms with van der Waals surface area (Å²) in [5.41, 5.74) is 5.07. The van der Waals surface area contributed by atoms with Gasteiger partial charge in [0.1, 0.15) is 0 Å². The largest absolute Gasteiger partial charge is 0.288 e. The van der Waals surface area contributed by atoms with Crippen LogP contribution in [0.5, 0.6) is 0 Å². The minimum absolute atomic E-state index is 0.340. The average molecular weight is 277 g/mol. The summed E-state index contributed by atoms with van der Waals surface area (Å²) in [4.78, 5) is 24.0. The Hall–Kier alpha value is -2.68. The van der Waals surface area contributed by atoms with E-state index in [1.807, 2.05) is 44.2 Å². The smallest absolute Gasteiger partial charge is 0.258 e. The monoisotopic (exact) mass is 277 g/mol. The Bertz CT molecular complexity index is 788. The maximum atomic E-state index is 12.1. The number of amides is 2. The minimum atomic E-state index is -0.350. The van der Waals surface area contributed by atoms with Gasteiger partial charge in [0, 0.05) is 11.1 Å². The molecule has 0 spiro atoms. The highest BCUT2D eigenvalue weighted by molar-refractivity contribution is 6.33. The number of imide groups is 1. The number of rotatable bonds is 1. The van der Waals surface area contributed by atoms with Crippen LogP contribution in [0.15, 0.2) is 42.5 Å². The Morgan fingerprint density at radius 3 is 2.29 bits per heavy atom. The lowest BCUT2D eigenvalue weighted by atomic mass is 9.93. The van der Waals surface area contributed by atoms with E-state index in [0.717, 1.165) is 5.56 Å². The second-order valence-electron chi connectivity index (χ2n) is 5.23. The molecule has 0 fully saturated rings. The molecular weight excluding hydrogens is 262 g/mol. The van der Waals surface area contributed by atoms with Gasteiger partial charge in [0.05, 0.1) is 0 Å². The van der Waals surface area contributed by atoms with Gasteiger partial charge in [0.25, 0.3) is 11.8 Å². The summed E-state index contributed by atoms with van der Waals surface area (Å²) < 4.78 is 0. The summed E-state index contributed by atoms with van der Waals surface area (Å²) in [6.07, 6.45) is 1.83. The first kappa shape index (κ1) is 13.3. The van der Waals surface area contributed by atoms with Gasteiger partial charge in [-0.05, 0) is 48.2 Å². The Morgan fingerprint density at radius 1 is 0.857 bits per heavy atom. The van der Waals surface area contributed by atoms with Crippen molar-refractivity contribution in [2.24, 2.45) is 0 Å². The molecule has 1 aliphatic rings. The zero-order valence-corrected chi connectivity index (χ0v) is 11.9. The fourth-order valence-corrected chi connectivity index (χ4v) is 2.44. The van der Waals surface area contributed by atoms with Crippen LogP contribution >= 0.6 is 0 Å². The van der Waals surface area contributed by atoms with E-state index in [9.17, 15) is 9.59 Å². The molecule has 0 unspecified atom stereocenters. The molecule has 0 saturated heterocycles. The van der Waals surface area contributed by atoms with Gasteiger partial charge in [-0.2, -0.15) is 0 Å². The van der Waals surface area contributed by atoms with E-state index in [-0.39, 0.29) is 11.8 Å². The van der Waals surface area contributed by atoms with Crippen LogP contribution in [0.3, 0.4) is 0 Å². The first-order valence-corrected chi connectivity index (χ1v) is 6.80. The van der Waals surface area contributed by atoms with E-state index in [4.69, 9.17) is 0 Å². The molecule has 0 aliphatic carbocycles. The van der Waals surface area contributed by atoms with Crippen LogP contribution < -0.4 is 5.32 Å². The van der Waals surface area contributed by atoms with Crippen LogP contribution in [0.25, 0.3) is 11.6 Å². The highest BCUT2D eigenvalue weighted by Gasteiger charge is 2.26. The third-order valence-corrected chi connectivity index (χ3v) is 3.78. The fourth-order valence-electron chi connectivity index (χ4n) is 2.44. The van der Waals surface area contributed by atoms with Gasteiger partial charge in [0.15, 0.2) is 0 Å². The van der Waals surface area contributed by atoms with Gasteiger partial charge < -0.3 is 0 Å². The van der Waals surface area contributed by atoms with Crippen LogP contribution in [0.4, 0.5) is 0 Å². The molecule has 0 saturated carbocycles. The molecule has 0 aromatic heterocycles. The zero-order valence-electron chi connectivity index (χ0n) is 11.9. The van der Waals surface area contributed by atoms with Crippen LogP contribution in [0.1, 0.15) is 32.6 Å². The second-order valence-corrected chi connectivity index (χ2v) is 5.23. The van der Waals surface area contributed by atoms with E-state index in [0.29, 0.717) is 16.7 Å². The van der Waals surface area contributed by atoms with Crippen molar-refractivity contribution >= 4 is 23.5 Å². The van der Waals surface area contributed by atoms with Crippen LogP contribution in [-0.4, -0.2) is 11.8 Å². The zero-order chi connectivity index (χ0) is 15.0. The predicted molar refractivity (Wildman–Crippen MR) is 82.7 cm³/mol. The standard InChI is InChI=1S/C18H15NO2/c1-11-7-8-13(9-12(11)2)10-16-14-5-3-4-6-15(14)17(20)19-18(16)21/h3-10H,1-2H3,(H,19,20,21). The SMILES string of the molecule is Cc1ccc(C=C2C(=O)NC(=O)c3ccccc32)cc1C. The number of fused-ring (bicyclic) bond motifs is 1. The van der Waals surface area contributed by atoms with Gasteiger partial charge in [-0.3, -0.25) is 14.9 Å². The number of hydrogen-bond acceptors (Lipinski definition) is 2. The van der Waals surface area contributed by atoms with Crippen molar-refractivity contribution in [3.05, 3.63) is 70.3 Å². The first-order chi connectivity index (χ1) is 10.1. The summed E-state index contributed by atoms with van der Waals surface area (Å²) in [5, 5.41) is 2.39. The van der Waals surface area contributed by atoms with Crippen molar-refractivity contribution in [2.75, 3.05) is 0 Å². The lowest BCUT2D eigenvalue weighted by Gasteiger charge is -2.18. The molecule has 3 heteroatoms. The molecule has 3 rings (SSSR count). The number of carbonyl (C=O) groups is 2. The van der Waals surface area contributed by atoms with Crippen LogP contribution in [0, 0.1) is 13.8 Å². The number of aryl methyl sites for hydroxylation is 2. The predicted octanol–water partition coefficient (Wildman–Crippen LogP) is 3.11. The summed E-state index contributed by atoms with van der Waals surface area (Å²) in [7, 11) is 0. The van der Waals surface area contributed by atoms with E-state index >= 15 is 0 Å². The normalized spacial score (nSPS) is 15.8. The number of hydrogen-bond donors (Lipinski definition) is 1. The van der Waals surface area contributed by atoms with Gasteiger partial charge >= 0.3 is 0 Å². The van der Waals surface area contributed by atoms with Gasteiger partial charge in [-0.25, -0.2) is 0 Å². The molecule has 21 heavy (non-hydrogen) atoms. The van der Waals surface area contributed by atoms with Crippen molar-refractivity contribution in [2.45, 2.75) is 13.8 Å². The molecule has 1 aliphatic heterocycles. The Balaban J connectivity index is 2.14. The van der Waals surface area contributed by atoms with Gasteiger partial charge in [-0.15, -0.1) is 0 Å². The molecule has 104 valence electrons. The molecule has 3 nitrogen and oxygen atoms in total. The average Bonchev–Trinajstić information content (AvgIpc) is 2.47. The highest BCUT2D eigenvalue weighted by Crippen LogP contribution is 2.26. The number of nitrogens with one attached hydrogen (secondary N) is 1. The van der Waals surface area contributed by atoms with Crippen molar-refractivity contribution in [3.8, 4) is 0 Å².